The first-order valence-electron chi connectivity index (χ1n) is 19.9. The molecule has 7 aromatic carbocycles. The van der Waals surface area contributed by atoms with Crippen molar-refractivity contribution in [3.05, 3.63) is 199 Å². The summed E-state index contributed by atoms with van der Waals surface area (Å²) in [5.74, 6) is -0.847. The van der Waals surface area contributed by atoms with Gasteiger partial charge in [-0.05, 0) is 124 Å². The molecule has 0 saturated carbocycles. The van der Waals surface area contributed by atoms with E-state index in [4.69, 9.17) is 17.2 Å². The van der Waals surface area contributed by atoms with Crippen molar-refractivity contribution in [2.24, 2.45) is 17.2 Å². The molecule has 0 aliphatic rings. The highest BCUT2D eigenvalue weighted by Gasteiger charge is 2.18. The Hall–Kier alpha value is -7.17. The first-order chi connectivity index (χ1) is 29.2. The minimum Gasteiger partial charge on any atom is -0.325 e. The van der Waals surface area contributed by atoms with Gasteiger partial charge in [-0.25, -0.2) is 0 Å². The average molecular weight is 793 g/mol. The van der Waals surface area contributed by atoms with Crippen molar-refractivity contribution in [3.8, 4) is 33.4 Å². The van der Waals surface area contributed by atoms with E-state index in [9.17, 15) is 14.4 Å². The smallest absolute Gasteiger partial charge is 0.241 e. The second-order valence-electron chi connectivity index (χ2n) is 14.9. The topological polar surface area (TPSA) is 165 Å². The fraction of sp³-hybridized carbons (Fsp3) is 0.118. The standard InChI is InChI=1S/C51H48N6O3/c52-46(25-34-13-4-1-5-14-34)49(58)55-43-22-10-19-37(31-43)40-28-41(38-20-11-23-44(32-38)56-50(59)47(53)26-35-15-6-2-7-16-35)30-42(29-40)39-21-12-24-45(33-39)57-51(60)48(54)27-36-17-8-3-9-18-36/h1-24,28-33,46-48H,25-27,52-54H2,(H,55,58)(H,56,59)(H,57,60)/t46-,47-,48-/m0/s1. The highest BCUT2D eigenvalue weighted by molar-refractivity contribution is 5.97. The van der Waals surface area contributed by atoms with Crippen molar-refractivity contribution in [2.45, 2.75) is 37.4 Å². The van der Waals surface area contributed by atoms with E-state index in [0.717, 1.165) is 50.1 Å². The van der Waals surface area contributed by atoms with Crippen LogP contribution in [0.5, 0.6) is 0 Å². The summed E-state index contributed by atoms with van der Waals surface area (Å²) in [6, 6.07) is 56.0. The molecule has 300 valence electrons. The summed E-state index contributed by atoms with van der Waals surface area (Å²) in [5, 5.41) is 9.00. The van der Waals surface area contributed by atoms with Gasteiger partial charge in [0.2, 0.25) is 17.7 Å². The molecule has 7 rings (SSSR count). The summed E-state index contributed by atoms with van der Waals surface area (Å²) in [4.78, 5) is 39.6. The van der Waals surface area contributed by atoms with Gasteiger partial charge in [0.05, 0.1) is 18.1 Å². The molecule has 9 N–H and O–H groups in total. The van der Waals surface area contributed by atoms with Crippen molar-refractivity contribution in [2.75, 3.05) is 16.0 Å². The lowest BCUT2D eigenvalue weighted by molar-refractivity contribution is -0.118. The molecule has 3 amide bonds. The molecule has 0 radical (unpaired) electrons. The van der Waals surface area contributed by atoms with E-state index < -0.39 is 18.1 Å². The van der Waals surface area contributed by atoms with Crippen LogP contribution in [0.3, 0.4) is 0 Å². The predicted molar refractivity (Wildman–Crippen MR) is 243 cm³/mol. The number of benzene rings is 7. The Morgan fingerprint density at radius 2 is 0.600 bits per heavy atom. The van der Waals surface area contributed by atoms with Gasteiger partial charge in [-0.15, -0.1) is 0 Å². The number of nitrogens with two attached hydrogens (primary N) is 3. The van der Waals surface area contributed by atoms with Gasteiger partial charge in [0.1, 0.15) is 0 Å². The molecule has 0 spiro atoms. The zero-order valence-corrected chi connectivity index (χ0v) is 33.1. The fourth-order valence-corrected chi connectivity index (χ4v) is 7.04. The fourth-order valence-electron chi connectivity index (χ4n) is 7.04. The van der Waals surface area contributed by atoms with Gasteiger partial charge in [-0.3, -0.25) is 14.4 Å². The number of rotatable bonds is 15. The lowest BCUT2D eigenvalue weighted by Crippen LogP contribution is -2.37. The van der Waals surface area contributed by atoms with Gasteiger partial charge < -0.3 is 33.2 Å². The maximum atomic E-state index is 13.2. The van der Waals surface area contributed by atoms with Gasteiger partial charge in [-0.1, -0.05) is 127 Å². The number of carbonyl (C=O) groups excluding carboxylic acids is 3. The zero-order chi connectivity index (χ0) is 41.8. The van der Waals surface area contributed by atoms with E-state index in [1.54, 1.807) is 0 Å². The molecule has 0 fully saturated rings. The summed E-state index contributed by atoms with van der Waals surface area (Å²) in [7, 11) is 0. The van der Waals surface area contributed by atoms with Crippen molar-refractivity contribution in [1.29, 1.82) is 0 Å². The highest BCUT2D eigenvalue weighted by Crippen LogP contribution is 2.35. The SMILES string of the molecule is N[C@@H](Cc1ccccc1)C(=O)Nc1cccc(-c2cc(-c3cccc(NC(=O)[C@@H](N)Cc4ccccc4)c3)cc(-c3cccc(NC(=O)[C@@H](N)Cc4ccccc4)c3)c2)c1. The molecule has 60 heavy (non-hydrogen) atoms. The van der Waals surface area contributed by atoms with Gasteiger partial charge >= 0.3 is 0 Å². The third-order valence-corrected chi connectivity index (χ3v) is 10.2. The van der Waals surface area contributed by atoms with E-state index in [2.05, 4.69) is 34.1 Å². The Balaban J connectivity index is 1.17. The van der Waals surface area contributed by atoms with Crippen molar-refractivity contribution in [1.82, 2.24) is 0 Å². The Morgan fingerprint density at radius 3 is 0.867 bits per heavy atom. The molecular formula is C51H48N6O3. The maximum Gasteiger partial charge on any atom is 0.241 e. The van der Waals surface area contributed by atoms with Crippen LogP contribution >= 0.6 is 0 Å². The Labute approximate surface area is 350 Å². The largest absolute Gasteiger partial charge is 0.325 e. The highest BCUT2D eigenvalue weighted by atomic mass is 16.2. The van der Waals surface area contributed by atoms with Crippen LogP contribution in [-0.4, -0.2) is 35.8 Å². The maximum absolute atomic E-state index is 13.2. The van der Waals surface area contributed by atoms with Gasteiger partial charge in [-0.2, -0.15) is 0 Å². The van der Waals surface area contributed by atoms with Crippen LogP contribution in [0.25, 0.3) is 33.4 Å². The van der Waals surface area contributed by atoms with Gasteiger partial charge in [0, 0.05) is 17.1 Å². The van der Waals surface area contributed by atoms with E-state index in [1.165, 1.54) is 0 Å². The molecule has 0 aromatic heterocycles. The molecule has 0 heterocycles. The lowest BCUT2D eigenvalue weighted by Gasteiger charge is -2.16. The van der Waals surface area contributed by atoms with Crippen LogP contribution in [0.2, 0.25) is 0 Å². The van der Waals surface area contributed by atoms with Gasteiger partial charge in [0.25, 0.3) is 0 Å². The first kappa shape index (κ1) is 41.0. The van der Waals surface area contributed by atoms with E-state index >= 15 is 0 Å². The molecule has 0 aliphatic heterocycles. The van der Waals surface area contributed by atoms with Gasteiger partial charge in [0.15, 0.2) is 0 Å². The molecule has 3 atom stereocenters. The predicted octanol–water partition coefficient (Wildman–Crippen LogP) is 8.21. The number of hydrogen-bond donors (Lipinski definition) is 6. The first-order valence-corrected chi connectivity index (χ1v) is 19.9. The second-order valence-corrected chi connectivity index (χ2v) is 14.9. The number of carbonyl (C=O) groups is 3. The molecule has 7 aromatic rings. The quantitative estimate of drug-likeness (QED) is 0.0613. The van der Waals surface area contributed by atoms with E-state index in [0.29, 0.717) is 36.3 Å². The van der Waals surface area contributed by atoms with Crippen LogP contribution in [0.15, 0.2) is 182 Å². The molecule has 0 saturated heterocycles. The second kappa shape index (κ2) is 19.5. The third-order valence-electron chi connectivity index (χ3n) is 10.2. The van der Waals surface area contributed by atoms with Crippen LogP contribution in [0.4, 0.5) is 17.1 Å². The normalized spacial score (nSPS) is 12.4. The molecule has 9 nitrogen and oxygen atoms in total. The van der Waals surface area contributed by atoms with Crippen LogP contribution < -0.4 is 33.2 Å². The minimum absolute atomic E-state index is 0.282. The minimum atomic E-state index is -0.729. The summed E-state index contributed by atoms with van der Waals surface area (Å²) >= 11 is 0. The molecule has 9 heteroatoms. The number of nitrogens with one attached hydrogen (secondary N) is 3. The zero-order valence-electron chi connectivity index (χ0n) is 33.1. The molecule has 0 unspecified atom stereocenters. The van der Waals surface area contributed by atoms with Crippen molar-refractivity contribution < 1.29 is 14.4 Å². The summed E-state index contributed by atoms with van der Waals surface area (Å²) < 4.78 is 0. The number of amides is 3. The number of anilines is 3. The van der Waals surface area contributed by atoms with Crippen LogP contribution in [-0.2, 0) is 33.6 Å². The molecule has 0 bridgehead atoms. The summed E-state index contributed by atoms with van der Waals surface area (Å²) in [5.41, 5.74) is 29.0. The average Bonchev–Trinajstić information content (AvgIpc) is 3.27. The number of hydrogen-bond acceptors (Lipinski definition) is 6. The van der Waals surface area contributed by atoms with E-state index in [1.807, 2.05) is 164 Å². The van der Waals surface area contributed by atoms with Crippen LogP contribution in [0, 0.1) is 0 Å². The Kier molecular flexibility index (Phi) is 13.3. The monoisotopic (exact) mass is 792 g/mol. The van der Waals surface area contributed by atoms with E-state index in [-0.39, 0.29) is 17.7 Å². The van der Waals surface area contributed by atoms with Crippen LogP contribution in [0.1, 0.15) is 16.7 Å². The van der Waals surface area contributed by atoms with Crippen molar-refractivity contribution >= 4 is 34.8 Å². The molecular weight excluding hydrogens is 745 g/mol. The molecule has 0 aliphatic carbocycles. The third kappa shape index (κ3) is 11.1. The summed E-state index contributed by atoms with van der Waals surface area (Å²) in [6.07, 6.45) is 1.23. The van der Waals surface area contributed by atoms with Crippen molar-refractivity contribution in [3.63, 3.8) is 0 Å². The Morgan fingerprint density at radius 1 is 0.333 bits per heavy atom. The Bertz CT molecular complexity index is 2270. The lowest BCUT2D eigenvalue weighted by atomic mass is 9.93. The summed E-state index contributed by atoms with van der Waals surface area (Å²) in [6.45, 7) is 0.